The molecule has 4 nitrogen and oxygen atoms in total. The Morgan fingerprint density at radius 1 is 1.40 bits per heavy atom. The summed E-state index contributed by atoms with van der Waals surface area (Å²) >= 11 is 0. The minimum absolute atomic E-state index is 0.270. The lowest BCUT2D eigenvalue weighted by molar-refractivity contribution is -0.146. The maximum atomic E-state index is 10.8. The summed E-state index contributed by atoms with van der Waals surface area (Å²) in [6.45, 7) is 1.64. The molecule has 1 rings (SSSR count). The van der Waals surface area contributed by atoms with Gasteiger partial charge in [-0.2, -0.15) is 0 Å². The molecule has 0 aliphatic carbocycles. The molecule has 0 amide bonds. The first-order valence-corrected chi connectivity index (χ1v) is 4.68. The summed E-state index contributed by atoms with van der Waals surface area (Å²) in [6, 6.07) is 7.28. The molecule has 1 atom stereocenters. The Morgan fingerprint density at radius 2 is 2.00 bits per heavy atom. The van der Waals surface area contributed by atoms with Crippen molar-refractivity contribution in [3.05, 3.63) is 29.8 Å². The quantitative estimate of drug-likeness (QED) is 0.758. The number of esters is 1. The molecule has 0 spiro atoms. The van der Waals surface area contributed by atoms with Crippen molar-refractivity contribution in [3.8, 4) is 5.75 Å². The van der Waals surface area contributed by atoms with Gasteiger partial charge in [-0.25, -0.2) is 0 Å². The molecule has 0 aromatic heterocycles. The third-order valence-corrected chi connectivity index (χ3v) is 2.01. The van der Waals surface area contributed by atoms with E-state index in [4.69, 9.17) is 15.2 Å². The third-order valence-electron chi connectivity index (χ3n) is 2.01. The molecule has 82 valence electrons. The first kappa shape index (κ1) is 11.5. The summed E-state index contributed by atoms with van der Waals surface area (Å²) in [7, 11) is 1.60. The van der Waals surface area contributed by atoms with Crippen LogP contribution < -0.4 is 10.5 Å². The SMILES string of the molecule is COc1ccc(C(CN)OC(C)=O)cc1. The van der Waals surface area contributed by atoms with E-state index in [0.29, 0.717) is 0 Å². The van der Waals surface area contributed by atoms with Crippen LogP contribution in [-0.2, 0) is 9.53 Å². The first-order chi connectivity index (χ1) is 7.17. The standard InChI is InChI=1S/C11H15NO3/c1-8(13)15-11(7-12)9-3-5-10(14-2)6-4-9/h3-6,11H,7,12H2,1-2H3. The summed E-state index contributed by atoms with van der Waals surface area (Å²) in [5.41, 5.74) is 6.38. The van der Waals surface area contributed by atoms with E-state index in [2.05, 4.69) is 0 Å². The fourth-order valence-electron chi connectivity index (χ4n) is 1.27. The Labute approximate surface area is 89.0 Å². The number of ether oxygens (including phenoxy) is 2. The number of nitrogens with two attached hydrogens (primary N) is 1. The van der Waals surface area contributed by atoms with Crippen LogP contribution in [0.25, 0.3) is 0 Å². The van der Waals surface area contributed by atoms with E-state index in [1.165, 1.54) is 6.92 Å². The Hall–Kier alpha value is -1.55. The van der Waals surface area contributed by atoms with E-state index in [9.17, 15) is 4.79 Å². The van der Waals surface area contributed by atoms with Crippen molar-refractivity contribution < 1.29 is 14.3 Å². The van der Waals surface area contributed by atoms with Gasteiger partial charge in [0.1, 0.15) is 11.9 Å². The van der Waals surface area contributed by atoms with Gasteiger partial charge in [0.25, 0.3) is 0 Å². The van der Waals surface area contributed by atoms with E-state index in [0.717, 1.165) is 11.3 Å². The van der Waals surface area contributed by atoms with Crippen LogP contribution in [-0.4, -0.2) is 19.6 Å². The summed E-state index contributed by atoms with van der Waals surface area (Å²) < 4.78 is 10.1. The van der Waals surface area contributed by atoms with Crippen LogP contribution in [0.15, 0.2) is 24.3 Å². The lowest BCUT2D eigenvalue weighted by Gasteiger charge is -2.15. The number of carbonyl (C=O) groups excluding carboxylic acids is 1. The van der Waals surface area contributed by atoms with Crippen molar-refractivity contribution in [3.63, 3.8) is 0 Å². The molecule has 1 aromatic rings. The van der Waals surface area contributed by atoms with E-state index in [-0.39, 0.29) is 18.6 Å². The smallest absolute Gasteiger partial charge is 0.303 e. The highest BCUT2D eigenvalue weighted by molar-refractivity contribution is 5.66. The molecule has 0 fully saturated rings. The number of rotatable bonds is 4. The maximum Gasteiger partial charge on any atom is 0.303 e. The number of benzene rings is 1. The summed E-state index contributed by atoms with van der Waals surface area (Å²) in [6.07, 6.45) is -0.381. The van der Waals surface area contributed by atoms with E-state index in [1.54, 1.807) is 7.11 Å². The molecule has 1 unspecified atom stereocenters. The molecular weight excluding hydrogens is 194 g/mol. The number of hydrogen-bond acceptors (Lipinski definition) is 4. The Kier molecular flexibility index (Phi) is 4.12. The number of carbonyl (C=O) groups is 1. The van der Waals surface area contributed by atoms with Gasteiger partial charge in [-0.15, -0.1) is 0 Å². The number of hydrogen-bond donors (Lipinski definition) is 1. The topological polar surface area (TPSA) is 61.6 Å². The highest BCUT2D eigenvalue weighted by Crippen LogP contribution is 2.19. The molecule has 0 bridgehead atoms. The second kappa shape index (κ2) is 5.36. The van der Waals surface area contributed by atoms with Crippen molar-refractivity contribution in [2.24, 2.45) is 5.73 Å². The van der Waals surface area contributed by atoms with E-state index < -0.39 is 0 Å². The highest BCUT2D eigenvalue weighted by atomic mass is 16.5. The van der Waals surface area contributed by atoms with Gasteiger partial charge in [0.05, 0.1) is 7.11 Å². The Balaban J connectivity index is 2.78. The van der Waals surface area contributed by atoms with Gasteiger partial charge in [0.15, 0.2) is 0 Å². The Morgan fingerprint density at radius 3 is 2.40 bits per heavy atom. The predicted octanol–water partition coefficient (Wildman–Crippen LogP) is 1.26. The van der Waals surface area contributed by atoms with Crippen LogP contribution in [0.3, 0.4) is 0 Å². The summed E-state index contributed by atoms with van der Waals surface area (Å²) in [5, 5.41) is 0. The van der Waals surface area contributed by atoms with Gasteiger partial charge < -0.3 is 15.2 Å². The molecule has 0 aliphatic rings. The monoisotopic (exact) mass is 209 g/mol. The van der Waals surface area contributed by atoms with Crippen molar-refractivity contribution in [2.75, 3.05) is 13.7 Å². The average molecular weight is 209 g/mol. The van der Waals surface area contributed by atoms with Crippen LogP contribution >= 0.6 is 0 Å². The lowest BCUT2D eigenvalue weighted by Crippen LogP contribution is -2.18. The second-order valence-corrected chi connectivity index (χ2v) is 3.11. The van der Waals surface area contributed by atoms with Crippen LogP contribution in [0, 0.1) is 0 Å². The molecule has 0 aliphatic heterocycles. The highest BCUT2D eigenvalue weighted by Gasteiger charge is 2.12. The number of methoxy groups -OCH3 is 1. The van der Waals surface area contributed by atoms with Gasteiger partial charge in [0, 0.05) is 13.5 Å². The molecule has 4 heteroatoms. The Bertz CT molecular complexity index is 321. The molecule has 0 saturated carbocycles. The van der Waals surface area contributed by atoms with Crippen molar-refractivity contribution in [1.82, 2.24) is 0 Å². The van der Waals surface area contributed by atoms with Gasteiger partial charge in [-0.3, -0.25) is 4.79 Å². The van der Waals surface area contributed by atoms with Crippen LogP contribution in [0.5, 0.6) is 5.75 Å². The fourth-order valence-corrected chi connectivity index (χ4v) is 1.27. The predicted molar refractivity (Wildman–Crippen MR) is 56.6 cm³/mol. The van der Waals surface area contributed by atoms with Crippen LogP contribution in [0.2, 0.25) is 0 Å². The second-order valence-electron chi connectivity index (χ2n) is 3.11. The van der Waals surface area contributed by atoms with Crippen LogP contribution in [0.4, 0.5) is 0 Å². The minimum Gasteiger partial charge on any atom is -0.497 e. The summed E-state index contributed by atoms with van der Waals surface area (Å²) in [4.78, 5) is 10.8. The molecule has 15 heavy (non-hydrogen) atoms. The molecule has 0 saturated heterocycles. The minimum atomic E-state index is -0.381. The molecule has 2 N–H and O–H groups in total. The molecule has 1 aromatic carbocycles. The fraction of sp³-hybridized carbons (Fsp3) is 0.364. The van der Waals surface area contributed by atoms with Crippen molar-refractivity contribution in [1.29, 1.82) is 0 Å². The maximum absolute atomic E-state index is 10.8. The van der Waals surface area contributed by atoms with E-state index in [1.807, 2.05) is 24.3 Å². The lowest BCUT2D eigenvalue weighted by atomic mass is 10.1. The summed E-state index contributed by atoms with van der Waals surface area (Å²) in [5.74, 6) is 0.429. The normalized spacial score (nSPS) is 11.9. The van der Waals surface area contributed by atoms with E-state index >= 15 is 0 Å². The van der Waals surface area contributed by atoms with Crippen LogP contribution in [0.1, 0.15) is 18.6 Å². The molecular formula is C11H15NO3. The van der Waals surface area contributed by atoms with Gasteiger partial charge in [0.2, 0.25) is 0 Å². The molecule has 0 heterocycles. The molecule has 0 radical (unpaired) electrons. The van der Waals surface area contributed by atoms with Gasteiger partial charge in [-0.05, 0) is 17.7 Å². The zero-order valence-corrected chi connectivity index (χ0v) is 8.90. The van der Waals surface area contributed by atoms with Gasteiger partial charge in [-0.1, -0.05) is 12.1 Å². The van der Waals surface area contributed by atoms with Crippen molar-refractivity contribution >= 4 is 5.97 Å². The first-order valence-electron chi connectivity index (χ1n) is 4.68. The largest absolute Gasteiger partial charge is 0.497 e. The third kappa shape index (κ3) is 3.25. The average Bonchev–Trinajstić information content (AvgIpc) is 2.26. The zero-order chi connectivity index (χ0) is 11.3. The van der Waals surface area contributed by atoms with Crippen molar-refractivity contribution in [2.45, 2.75) is 13.0 Å². The zero-order valence-electron chi connectivity index (χ0n) is 8.90. The van der Waals surface area contributed by atoms with Gasteiger partial charge >= 0.3 is 5.97 Å².